The Morgan fingerprint density at radius 1 is 1.33 bits per heavy atom. The molecule has 0 fully saturated rings. The van der Waals surface area contributed by atoms with Gasteiger partial charge in [0, 0.05) is 24.8 Å². The highest BCUT2D eigenvalue weighted by molar-refractivity contribution is 9.10. The lowest BCUT2D eigenvalue weighted by Gasteiger charge is -2.20. The normalized spacial score (nSPS) is 10.4. The van der Waals surface area contributed by atoms with Gasteiger partial charge in [-0.25, -0.2) is 4.98 Å². The van der Waals surface area contributed by atoms with Gasteiger partial charge < -0.3 is 4.90 Å². The SMILES string of the molecule is Cc1ccnc(N(C)Cc2cccc(Cl)c2)c1Br. The van der Waals surface area contributed by atoms with Gasteiger partial charge in [-0.15, -0.1) is 0 Å². The smallest absolute Gasteiger partial charge is 0.143 e. The zero-order valence-corrected chi connectivity index (χ0v) is 12.7. The van der Waals surface area contributed by atoms with Crippen molar-refractivity contribution in [2.75, 3.05) is 11.9 Å². The Balaban J connectivity index is 2.22. The second-order valence-corrected chi connectivity index (χ2v) is 5.48. The van der Waals surface area contributed by atoms with E-state index in [9.17, 15) is 0 Å². The number of hydrogen-bond donors (Lipinski definition) is 0. The van der Waals surface area contributed by atoms with Crippen molar-refractivity contribution in [3.05, 3.63) is 57.2 Å². The number of aromatic nitrogens is 1. The van der Waals surface area contributed by atoms with E-state index < -0.39 is 0 Å². The van der Waals surface area contributed by atoms with Crippen molar-refractivity contribution in [1.29, 1.82) is 0 Å². The van der Waals surface area contributed by atoms with Crippen LogP contribution >= 0.6 is 27.5 Å². The van der Waals surface area contributed by atoms with Crippen molar-refractivity contribution in [3.8, 4) is 0 Å². The number of halogens is 2. The minimum absolute atomic E-state index is 0.761. The maximum absolute atomic E-state index is 5.99. The Morgan fingerprint density at radius 2 is 2.11 bits per heavy atom. The fourth-order valence-corrected chi connectivity index (χ4v) is 2.53. The predicted octanol–water partition coefficient (Wildman–Crippen LogP) is 4.44. The van der Waals surface area contributed by atoms with E-state index in [-0.39, 0.29) is 0 Å². The summed E-state index contributed by atoms with van der Waals surface area (Å²) in [6, 6.07) is 9.87. The van der Waals surface area contributed by atoms with Crippen LogP contribution in [0.2, 0.25) is 5.02 Å². The molecule has 2 nitrogen and oxygen atoms in total. The van der Waals surface area contributed by atoms with Crippen LogP contribution in [0.4, 0.5) is 5.82 Å². The number of benzene rings is 1. The lowest BCUT2D eigenvalue weighted by molar-refractivity contribution is 0.892. The van der Waals surface area contributed by atoms with E-state index in [0.29, 0.717) is 0 Å². The largest absolute Gasteiger partial charge is 0.354 e. The highest BCUT2D eigenvalue weighted by atomic mass is 79.9. The standard InChI is InChI=1S/C14H14BrClN2/c1-10-6-7-17-14(13(10)15)18(2)9-11-4-3-5-12(16)8-11/h3-8H,9H2,1-2H3. The average molecular weight is 326 g/mol. The molecule has 1 aromatic carbocycles. The molecule has 0 spiro atoms. The Labute approximate surface area is 121 Å². The Morgan fingerprint density at radius 3 is 2.83 bits per heavy atom. The van der Waals surface area contributed by atoms with E-state index in [1.165, 1.54) is 11.1 Å². The molecular weight excluding hydrogens is 312 g/mol. The molecule has 0 aliphatic heterocycles. The minimum Gasteiger partial charge on any atom is -0.354 e. The van der Waals surface area contributed by atoms with Gasteiger partial charge in [0.1, 0.15) is 5.82 Å². The summed E-state index contributed by atoms with van der Waals surface area (Å²) >= 11 is 9.57. The second kappa shape index (κ2) is 5.72. The van der Waals surface area contributed by atoms with Gasteiger partial charge in [0.15, 0.2) is 0 Å². The number of rotatable bonds is 3. The molecule has 0 saturated heterocycles. The van der Waals surface area contributed by atoms with Gasteiger partial charge in [-0.1, -0.05) is 23.7 Å². The van der Waals surface area contributed by atoms with E-state index in [4.69, 9.17) is 11.6 Å². The van der Waals surface area contributed by atoms with Gasteiger partial charge in [0.2, 0.25) is 0 Å². The quantitative estimate of drug-likeness (QED) is 0.829. The van der Waals surface area contributed by atoms with Crippen LogP contribution < -0.4 is 4.90 Å². The van der Waals surface area contributed by atoms with E-state index in [0.717, 1.165) is 21.9 Å². The van der Waals surface area contributed by atoms with Crippen LogP contribution in [0, 0.1) is 6.92 Å². The van der Waals surface area contributed by atoms with Gasteiger partial charge in [0.25, 0.3) is 0 Å². The summed E-state index contributed by atoms with van der Waals surface area (Å²) < 4.78 is 1.04. The topological polar surface area (TPSA) is 16.1 Å². The van der Waals surface area contributed by atoms with Crippen LogP contribution in [0.3, 0.4) is 0 Å². The summed E-state index contributed by atoms with van der Waals surface area (Å²) in [7, 11) is 2.02. The van der Waals surface area contributed by atoms with Crippen molar-refractivity contribution >= 4 is 33.3 Å². The maximum Gasteiger partial charge on any atom is 0.143 e. The first-order valence-corrected chi connectivity index (χ1v) is 6.81. The molecule has 1 heterocycles. The molecule has 1 aromatic heterocycles. The van der Waals surface area contributed by atoms with Crippen molar-refractivity contribution in [2.45, 2.75) is 13.5 Å². The summed E-state index contributed by atoms with van der Waals surface area (Å²) in [5, 5.41) is 0.761. The third kappa shape index (κ3) is 3.03. The monoisotopic (exact) mass is 324 g/mol. The van der Waals surface area contributed by atoms with Gasteiger partial charge in [-0.2, -0.15) is 0 Å². The first-order valence-electron chi connectivity index (χ1n) is 5.64. The third-order valence-electron chi connectivity index (χ3n) is 2.73. The second-order valence-electron chi connectivity index (χ2n) is 4.25. The van der Waals surface area contributed by atoms with Crippen molar-refractivity contribution in [2.24, 2.45) is 0 Å². The zero-order valence-electron chi connectivity index (χ0n) is 10.3. The van der Waals surface area contributed by atoms with Crippen molar-refractivity contribution < 1.29 is 0 Å². The predicted molar refractivity (Wildman–Crippen MR) is 80.2 cm³/mol. The zero-order chi connectivity index (χ0) is 13.1. The van der Waals surface area contributed by atoms with E-state index >= 15 is 0 Å². The van der Waals surface area contributed by atoms with Crippen molar-refractivity contribution in [1.82, 2.24) is 4.98 Å². The van der Waals surface area contributed by atoms with Gasteiger partial charge in [-0.05, 0) is 52.2 Å². The van der Waals surface area contributed by atoms with E-state index in [1.807, 2.05) is 37.5 Å². The molecule has 2 aromatic rings. The van der Waals surface area contributed by atoms with Crippen LogP contribution in [0.15, 0.2) is 41.0 Å². The molecule has 0 aliphatic carbocycles. The molecule has 0 aliphatic rings. The van der Waals surface area contributed by atoms with Crippen LogP contribution in [0.1, 0.15) is 11.1 Å². The van der Waals surface area contributed by atoms with E-state index in [1.54, 1.807) is 0 Å². The molecule has 4 heteroatoms. The molecule has 94 valence electrons. The first-order chi connectivity index (χ1) is 8.58. The Bertz CT molecular complexity index is 557. The molecule has 0 radical (unpaired) electrons. The van der Waals surface area contributed by atoms with Crippen LogP contribution in [-0.2, 0) is 6.54 Å². The lowest BCUT2D eigenvalue weighted by atomic mass is 10.2. The Hall–Kier alpha value is -1.06. The molecule has 0 bridgehead atoms. The molecule has 0 amide bonds. The number of aryl methyl sites for hydroxylation is 1. The Kier molecular flexibility index (Phi) is 4.25. The van der Waals surface area contributed by atoms with Crippen LogP contribution in [0.5, 0.6) is 0 Å². The molecule has 2 rings (SSSR count). The molecular formula is C14H14BrClN2. The molecule has 0 saturated carbocycles. The van der Waals surface area contributed by atoms with Gasteiger partial charge in [0.05, 0.1) is 4.47 Å². The first kappa shape index (κ1) is 13.4. The van der Waals surface area contributed by atoms with Gasteiger partial charge >= 0.3 is 0 Å². The molecule has 0 N–H and O–H groups in total. The molecule has 18 heavy (non-hydrogen) atoms. The molecule has 0 atom stereocenters. The highest BCUT2D eigenvalue weighted by Crippen LogP contribution is 2.27. The van der Waals surface area contributed by atoms with Crippen LogP contribution in [-0.4, -0.2) is 12.0 Å². The number of nitrogens with zero attached hydrogens (tertiary/aromatic N) is 2. The highest BCUT2D eigenvalue weighted by Gasteiger charge is 2.09. The van der Waals surface area contributed by atoms with Gasteiger partial charge in [-0.3, -0.25) is 0 Å². The summed E-state index contributed by atoms with van der Waals surface area (Å²) in [6.45, 7) is 2.83. The summed E-state index contributed by atoms with van der Waals surface area (Å²) in [6.07, 6.45) is 1.82. The fraction of sp³-hybridized carbons (Fsp3) is 0.214. The third-order valence-corrected chi connectivity index (χ3v) is 3.95. The lowest BCUT2D eigenvalue weighted by Crippen LogP contribution is -2.18. The maximum atomic E-state index is 5.99. The number of pyridine rings is 1. The minimum atomic E-state index is 0.761. The number of hydrogen-bond acceptors (Lipinski definition) is 2. The van der Waals surface area contributed by atoms with E-state index in [2.05, 4.69) is 38.8 Å². The summed E-state index contributed by atoms with van der Waals surface area (Å²) in [5.41, 5.74) is 2.35. The number of anilines is 1. The summed E-state index contributed by atoms with van der Waals surface area (Å²) in [5.74, 6) is 0.940. The molecule has 0 unspecified atom stereocenters. The summed E-state index contributed by atoms with van der Waals surface area (Å²) in [4.78, 5) is 6.50. The van der Waals surface area contributed by atoms with Crippen LogP contribution in [0.25, 0.3) is 0 Å². The average Bonchev–Trinajstić information content (AvgIpc) is 2.32. The fourth-order valence-electron chi connectivity index (χ4n) is 1.78. The van der Waals surface area contributed by atoms with Crippen molar-refractivity contribution in [3.63, 3.8) is 0 Å².